The Kier molecular flexibility index (Phi) is 3.10. The molecule has 2 aromatic heterocycles. The normalized spacial score (nSPS) is 12.7. The van der Waals surface area contributed by atoms with E-state index < -0.39 is 0 Å². The van der Waals surface area contributed by atoms with Crippen molar-refractivity contribution in [2.45, 2.75) is 26.2 Å². The Morgan fingerprint density at radius 2 is 2.15 bits per heavy atom. The van der Waals surface area contributed by atoms with Gasteiger partial charge in [0.2, 0.25) is 11.7 Å². The van der Waals surface area contributed by atoms with E-state index in [0.29, 0.717) is 23.9 Å². The summed E-state index contributed by atoms with van der Waals surface area (Å²) in [6, 6.07) is 9.53. The molecule has 3 aromatic rings. The lowest BCUT2D eigenvalue weighted by atomic mass is 10.0. The highest BCUT2D eigenvalue weighted by molar-refractivity contribution is 5.83. The summed E-state index contributed by atoms with van der Waals surface area (Å²) in [6.07, 6.45) is 0.636. The van der Waals surface area contributed by atoms with Gasteiger partial charge in [-0.3, -0.25) is 4.79 Å². The van der Waals surface area contributed by atoms with Crippen molar-refractivity contribution >= 4 is 16.8 Å². The lowest BCUT2D eigenvalue weighted by Gasteiger charge is -2.03. The van der Waals surface area contributed by atoms with Gasteiger partial charge in [0, 0.05) is 5.39 Å². The molecule has 1 unspecified atom stereocenters. The number of carbonyl (C=O) groups excluding carboxylic acids is 1. The number of Topliss-reactive ketones (excluding diaryl/α,β-unsaturated/α-hetero) is 1. The number of aromatic nitrogens is 2. The SMILES string of the molecule is CCC(C(C)=O)c1nc(-c2cc3ccccc3o2)no1. The van der Waals surface area contributed by atoms with Crippen LogP contribution in [-0.4, -0.2) is 15.9 Å². The first kappa shape index (κ1) is 12.6. The highest BCUT2D eigenvalue weighted by Gasteiger charge is 2.23. The second-order valence-electron chi connectivity index (χ2n) is 4.68. The maximum Gasteiger partial charge on any atom is 0.238 e. The Morgan fingerprint density at radius 1 is 1.35 bits per heavy atom. The molecule has 1 atom stereocenters. The summed E-state index contributed by atoms with van der Waals surface area (Å²) in [7, 11) is 0. The highest BCUT2D eigenvalue weighted by atomic mass is 16.5. The molecule has 102 valence electrons. The molecule has 2 heterocycles. The Morgan fingerprint density at radius 3 is 2.85 bits per heavy atom. The van der Waals surface area contributed by atoms with E-state index in [9.17, 15) is 4.79 Å². The van der Waals surface area contributed by atoms with Gasteiger partial charge in [0.15, 0.2) is 5.76 Å². The van der Waals surface area contributed by atoms with Crippen LogP contribution in [0.5, 0.6) is 0 Å². The molecule has 0 aliphatic carbocycles. The van der Waals surface area contributed by atoms with Crippen LogP contribution in [0.1, 0.15) is 32.1 Å². The van der Waals surface area contributed by atoms with E-state index in [2.05, 4.69) is 10.1 Å². The minimum atomic E-state index is -0.347. The number of fused-ring (bicyclic) bond motifs is 1. The number of nitrogens with zero attached hydrogens (tertiary/aromatic N) is 2. The summed E-state index contributed by atoms with van der Waals surface area (Å²) in [5.41, 5.74) is 0.771. The molecule has 0 spiro atoms. The van der Waals surface area contributed by atoms with Crippen LogP contribution in [0.25, 0.3) is 22.6 Å². The molecule has 0 saturated carbocycles. The first-order valence-electron chi connectivity index (χ1n) is 6.52. The second kappa shape index (κ2) is 4.92. The van der Waals surface area contributed by atoms with Gasteiger partial charge in [0.1, 0.15) is 11.4 Å². The molecule has 5 nitrogen and oxygen atoms in total. The molecule has 0 amide bonds. The minimum absolute atomic E-state index is 0.0207. The van der Waals surface area contributed by atoms with Crippen LogP contribution < -0.4 is 0 Å². The molecule has 3 rings (SSSR count). The molecular formula is C15H14N2O3. The Bertz CT molecular complexity index is 724. The number of rotatable bonds is 4. The second-order valence-corrected chi connectivity index (χ2v) is 4.68. The number of benzene rings is 1. The first-order chi connectivity index (χ1) is 9.69. The average Bonchev–Trinajstić information content (AvgIpc) is 3.04. The molecular weight excluding hydrogens is 256 g/mol. The van der Waals surface area contributed by atoms with Gasteiger partial charge in [-0.15, -0.1) is 0 Å². The molecule has 0 aliphatic heterocycles. The Hall–Kier alpha value is -2.43. The van der Waals surface area contributed by atoms with E-state index >= 15 is 0 Å². The van der Waals surface area contributed by atoms with E-state index in [-0.39, 0.29) is 11.7 Å². The van der Waals surface area contributed by atoms with Gasteiger partial charge >= 0.3 is 0 Å². The fourth-order valence-electron chi connectivity index (χ4n) is 2.20. The van der Waals surface area contributed by atoms with Crippen molar-refractivity contribution in [2.75, 3.05) is 0 Å². The third-order valence-corrected chi connectivity index (χ3v) is 3.28. The first-order valence-corrected chi connectivity index (χ1v) is 6.52. The summed E-state index contributed by atoms with van der Waals surface area (Å²) in [6.45, 7) is 3.44. The summed E-state index contributed by atoms with van der Waals surface area (Å²) in [4.78, 5) is 15.8. The predicted octanol–water partition coefficient (Wildman–Crippen LogP) is 3.57. The molecule has 0 radical (unpaired) electrons. The number of hydrogen-bond acceptors (Lipinski definition) is 5. The van der Waals surface area contributed by atoms with Crippen molar-refractivity contribution in [3.8, 4) is 11.6 Å². The van der Waals surface area contributed by atoms with Gasteiger partial charge in [-0.2, -0.15) is 4.98 Å². The predicted molar refractivity (Wildman–Crippen MR) is 73.2 cm³/mol. The number of ketones is 1. The lowest BCUT2D eigenvalue weighted by molar-refractivity contribution is -0.119. The zero-order valence-corrected chi connectivity index (χ0v) is 11.3. The van der Waals surface area contributed by atoms with E-state index in [0.717, 1.165) is 11.0 Å². The summed E-state index contributed by atoms with van der Waals surface area (Å²) in [5.74, 6) is 0.930. The van der Waals surface area contributed by atoms with Gasteiger partial charge < -0.3 is 8.94 Å². The van der Waals surface area contributed by atoms with Crippen LogP contribution in [0.4, 0.5) is 0 Å². The quantitative estimate of drug-likeness (QED) is 0.725. The topological polar surface area (TPSA) is 69.1 Å². The highest BCUT2D eigenvalue weighted by Crippen LogP contribution is 2.27. The van der Waals surface area contributed by atoms with Gasteiger partial charge in [-0.1, -0.05) is 30.3 Å². The summed E-state index contributed by atoms with van der Waals surface area (Å²) in [5, 5.41) is 4.88. The summed E-state index contributed by atoms with van der Waals surface area (Å²) < 4.78 is 10.9. The van der Waals surface area contributed by atoms with Gasteiger partial charge in [-0.05, 0) is 25.5 Å². The van der Waals surface area contributed by atoms with Crippen molar-refractivity contribution in [3.63, 3.8) is 0 Å². The maximum absolute atomic E-state index is 11.5. The maximum atomic E-state index is 11.5. The molecule has 0 N–H and O–H groups in total. The van der Waals surface area contributed by atoms with E-state index in [1.807, 2.05) is 37.3 Å². The Labute approximate surface area is 115 Å². The van der Waals surface area contributed by atoms with E-state index in [1.54, 1.807) is 0 Å². The van der Waals surface area contributed by atoms with Crippen molar-refractivity contribution < 1.29 is 13.7 Å². The van der Waals surface area contributed by atoms with Crippen LogP contribution in [0.3, 0.4) is 0 Å². The fourth-order valence-corrected chi connectivity index (χ4v) is 2.20. The molecule has 0 saturated heterocycles. The third-order valence-electron chi connectivity index (χ3n) is 3.28. The molecule has 20 heavy (non-hydrogen) atoms. The smallest absolute Gasteiger partial charge is 0.238 e. The van der Waals surface area contributed by atoms with Crippen molar-refractivity contribution in [1.29, 1.82) is 0 Å². The van der Waals surface area contributed by atoms with Crippen molar-refractivity contribution in [1.82, 2.24) is 10.1 Å². The monoisotopic (exact) mass is 270 g/mol. The molecule has 0 fully saturated rings. The summed E-state index contributed by atoms with van der Waals surface area (Å²) >= 11 is 0. The minimum Gasteiger partial charge on any atom is -0.453 e. The zero-order chi connectivity index (χ0) is 14.1. The molecule has 5 heteroatoms. The Balaban J connectivity index is 1.99. The molecule has 0 bridgehead atoms. The standard InChI is InChI=1S/C15H14N2O3/c1-3-11(9(2)18)15-16-14(17-20-15)13-8-10-6-4-5-7-12(10)19-13/h4-8,11H,3H2,1-2H3. The fraction of sp³-hybridized carbons (Fsp3) is 0.267. The van der Waals surface area contributed by atoms with E-state index in [1.165, 1.54) is 6.92 Å². The number of hydrogen-bond donors (Lipinski definition) is 0. The number of carbonyl (C=O) groups is 1. The third kappa shape index (κ3) is 2.11. The van der Waals surface area contributed by atoms with Crippen LogP contribution in [0.15, 0.2) is 39.3 Å². The van der Waals surface area contributed by atoms with Gasteiger partial charge in [0.25, 0.3) is 0 Å². The average molecular weight is 270 g/mol. The zero-order valence-electron chi connectivity index (χ0n) is 11.3. The van der Waals surface area contributed by atoms with Crippen LogP contribution >= 0.6 is 0 Å². The van der Waals surface area contributed by atoms with E-state index in [4.69, 9.17) is 8.94 Å². The van der Waals surface area contributed by atoms with Crippen molar-refractivity contribution in [3.05, 3.63) is 36.2 Å². The molecule has 1 aromatic carbocycles. The largest absolute Gasteiger partial charge is 0.453 e. The number of para-hydroxylation sites is 1. The lowest BCUT2D eigenvalue weighted by Crippen LogP contribution is -2.07. The van der Waals surface area contributed by atoms with Crippen LogP contribution in [0.2, 0.25) is 0 Å². The van der Waals surface area contributed by atoms with Crippen molar-refractivity contribution in [2.24, 2.45) is 0 Å². The van der Waals surface area contributed by atoms with Crippen LogP contribution in [0, 0.1) is 0 Å². The van der Waals surface area contributed by atoms with Gasteiger partial charge in [-0.25, -0.2) is 0 Å². The van der Waals surface area contributed by atoms with Gasteiger partial charge in [0.05, 0.1) is 5.92 Å². The van der Waals surface area contributed by atoms with Crippen LogP contribution in [-0.2, 0) is 4.79 Å². The molecule has 0 aliphatic rings. The number of furan rings is 1.